The number of ketones is 1. The molecule has 1 aromatic carbocycles. The second kappa shape index (κ2) is 6.34. The molecule has 4 saturated heterocycles. The maximum atomic E-state index is 13.1. The van der Waals surface area contributed by atoms with Crippen molar-refractivity contribution in [3.05, 3.63) is 59.5 Å². The first-order valence-electron chi connectivity index (χ1n) is 9.83. The Morgan fingerprint density at radius 3 is 2.44 bits per heavy atom. The van der Waals surface area contributed by atoms with Crippen molar-refractivity contribution in [2.24, 2.45) is 5.92 Å². The molecule has 0 aliphatic carbocycles. The molecule has 3 atom stereocenters. The number of piperidine rings is 3. The van der Waals surface area contributed by atoms with E-state index in [0.29, 0.717) is 18.5 Å². The van der Waals surface area contributed by atoms with E-state index in [0.717, 1.165) is 25.9 Å². The standard InChI is InChI=1S/C22H24N2O3/c1-14-4-6-15(7-5-14)17-13-24(22(26)21(25)18-3-2-12-27-18)19-16-8-10-23(11-9-16)20(17)19/h2-7,12,16-17,19-20H,8-11,13H2,1H3/t17-,19-,20-/m0/s1. The maximum absolute atomic E-state index is 13.1. The monoisotopic (exact) mass is 364 g/mol. The highest BCUT2D eigenvalue weighted by atomic mass is 16.3. The molecular weight excluding hydrogens is 340 g/mol. The molecule has 4 aliphatic rings. The Labute approximate surface area is 158 Å². The zero-order valence-electron chi connectivity index (χ0n) is 15.5. The van der Waals surface area contributed by atoms with Crippen LogP contribution in [0.3, 0.4) is 0 Å². The number of aryl methyl sites for hydroxylation is 1. The number of rotatable bonds is 3. The summed E-state index contributed by atoms with van der Waals surface area (Å²) in [5.74, 6) is -0.0597. The smallest absolute Gasteiger partial charge is 0.298 e. The number of fused-ring (bicyclic) bond motifs is 2. The number of carbonyl (C=O) groups excluding carboxylic acids is 2. The highest BCUT2D eigenvalue weighted by Crippen LogP contribution is 2.46. The Balaban J connectivity index is 1.50. The summed E-state index contributed by atoms with van der Waals surface area (Å²) in [4.78, 5) is 30.2. The average molecular weight is 364 g/mol. The number of hydrogen-bond acceptors (Lipinski definition) is 4. The number of amides is 1. The fraction of sp³-hybridized carbons (Fsp3) is 0.455. The van der Waals surface area contributed by atoms with Crippen LogP contribution in [0, 0.1) is 12.8 Å². The first-order chi connectivity index (χ1) is 13.1. The summed E-state index contributed by atoms with van der Waals surface area (Å²) in [5.41, 5.74) is 2.50. The van der Waals surface area contributed by atoms with E-state index < -0.39 is 11.7 Å². The number of likely N-dealkylation sites (tertiary alicyclic amines) is 1. The van der Waals surface area contributed by atoms with E-state index in [-0.39, 0.29) is 17.7 Å². The molecule has 0 radical (unpaired) electrons. The molecule has 1 aromatic heterocycles. The first-order valence-corrected chi connectivity index (χ1v) is 9.83. The highest BCUT2D eigenvalue weighted by molar-refractivity contribution is 6.42. The van der Waals surface area contributed by atoms with Crippen LogP contribution in [0.4, 0.5) is 0 Å². The van der Waals surface area contributed by atoms with Crippen molar-refractivity contribution < 1.29 is 14.0 Å². The van der Waals surface area contributed by atoms with Crippen LogP contribution in [-0.2, 0) is 4.79 Å². The number of nitrogens with zero attached hydrogens (tertiary/aromatic N) is 2. The molecule has 27 heavy (non-hydrogen) atoms. The number of carbonyl (C=O) groups is 2. The van der Waals surface area contributed by atoms with E-state index in [1.165, 1.54) is 17.4 Å². The van der Waals surface area contributed by atoms with Crippen LogP contribution in [-0.4, -0.2) is 53.2 Å². The minimum absolute atomic E-state index is 0.130. The minimum Gasteiger partial charge on any atom is -0.461 e. The predicted molar refractivity (Wildman–Crippen MR) is 101 cm³/mol. The summed E-state index contributed by atoms with van der Waals surface area (Å²) >= 11 is 0. The molecule has 2 aromatic rings. The normalized spacial score (nSPS) is 31.7. The zero-order valence-corrected chi connectivity index (χ0v) is 15.5. The third kappa shape index (κ3) is 2.64. The Hall–Kier alpha value is -2.40. The summed E-state index contributed by atoms with van der Waals surface area (Å²) in [7, 11) is 0. The van der Waals surface area contributed by atoms with Gasteiger partial charge >= 0.3 is 0 Å². The van der Waals surface area contributed by atoms with E-state index in [1.807, 2.05) is 4.90 Å². The summed E-state index contributed by atoms with van der Waals surface area (Å²) < 4.78 is 5.19. The molecule has 2 bridgehead atoms. The van der Waals surface area contributed by atoms with Crippen LogP contribution >= 0.6 is 0 Å². The Morgan fingerprint density at radius 2 is 1.78 bits per heavy atom. The van der Waals surface area contributed by atoms with Crippen LogP contribution in [0.2, 0.25) is 0 Å². The Bertz CT molecular complexity index is 850. The lowest BCUT2D eigenvalue weighted by Crippen LogP contribution is -2.61. The van der Waals surface area contributed by atoms with Crippen LogP contribution in [0.25, 0.3) is 0 Å². The largest absolute Gasteiger partial charge is 0.461 e. The second-order valence-electron chi connectivity index (χ2n) is 8.14. The van der Waals surface area contributed by atoms with Crippen LogP contribution < -0.4 is 0 Å². The van der Waals surface area contributed by atoms with Gasteiger partial charge in [-0.05, 0) is 56.5 Å². The molecule has 4 fully saturated rings. The Morgan fingerprint density at radius 1 is 1.04 bits per heavy atom. The van der Waals surface area contributed by atoms with E-state index in [2.05, 4.69) is 36.1 Å². The van der Waals surface area contributed by atoms with Crippen molar-refractivity contribution in [1.82, 2.24) is 9.80 Å². The molecule has 1 amide bonds. The van der Waals surface area contributed by atoms with Gasteiger partial charge in [-0.15, -0.1) is 0 Å². The first kappa shape index (κ1) is 16.8. The lowest BCUT2D eigenvalue weighted by molar-refractivity contribution is -0.131. The van der Waals surface area contributed by atoms with Crippen molar-refractivity contribution in [2.75, 3.05) is 19.6 Å². The summed E-state index contributed by atoms with van der Waals surface area (Å²) in [6.45, 7) is 4.90. The molecule has 5 heteroatoms. The van der Waals surface area contributed by atoms with Crippen LogP contribution in [0.5, 0.6) is 0 Å². The molecule has 0 unspecified atom stereocenters. The van der Waals surface area contributed by atoms with Gasteiger partial charge in [0.1, 0.15) is 0 Å². The number of hydrogen-bond donors (Lipinski definition) is 0. The van der Waals surface area contributed by atoms with Gasteiger partial charge in [0.15, 0.2) is 5.76 Å². The van der Waals surface area contributed by atoms with Gasteiger partial charge in [0, 0.05) is 18.5 Å². The molecule has 140 valence electrons. The SMILES string of the molecule is Cc1ccc([C@@H]2CN(C(=O)C(=O)c3ccco3)[C@H]3C4CCN(CC4)[C@@H]23)cc1. The average Bonchev–Trinajstić information content (AvgIpc) is 3.38. The van der Waals surface area contributed by atoms with Crippen molar-refractivity contribution in [3.63, 3.8) is 0 Å². The zero-order chi connectivity index (χ0) is 18.5. The Kier molecular flexibility index (Phi) is 3.93. The van der Waals surface area contributed by atoms with Gasteiger partial charge < -0.3 is 9.32 Å². The van der Waals surface area contributed by atoms with Gasteiger partial charge in [0.05, 0.1) is 12.3 Å². The van der Waals surface area contributed by atoms with E-state index >= 15 is 0 Å². The third-order valence-electron chi connectivity index (χ3n) is 6.70. The van der Waals surface area contributed by atoms with Gasteiger partial charge in [-0.25, -0.2) is 0 Å². The van der Waals surface area contributed by atoms with Crippen molar-refractivity contribution in [3.8, 4) is 0 Å². The van der Waals surface area contributed by atoms with Crippen LogP contribution in [0.15, 0.2) is 47.1 Å². The third-order valence-corrected chi connectivity index (χ3v) is 6.70. The lowest BCUT2D eigenvalue weighted by Gasteiger charge is -2.51. The topological polar surface area (TPSA) is 53.8 Å². The van der Waals surface area contributed by atoms with Crippen LogP contribution in [0.1, 0.15) is 40.4 Å². The minimum atomic E-state index is -0.528. The van der Waals surface area contributed by atoms with Crippen molar-refractivity contribution in [2.45, 2.75) is 37.8 Å². The molecule has 0 spiro atoms. The summed E-state index contributed by atoms with van der Waals surface area (Å²) in [5, 5.41) is 0. The quantitative estimate of drug-likeness (QED) is 0.621. The molecule has 5 nitrogen and oxygen atoms in total. The highest BCUT2D eigenvalue weighted by Gasteiger charge is 2.55. The van der Waals surface area contributed by atoms with Gasteiger partial charge in [0.25, 0.3) is 11.7 Å². The van der Waals surface area contributed by atoms with Crippen molar-refractivity contribution >= 4 is 11.7 Å². The number of benzene rings is 1. The summed E-state index contributed by atoms with van der Waals surface area (Å²) in [6.07, 6.45) is 3.66. The number of Topliss-reactive ketones (excluding diaryl/α,β-unsaturated/α-hetero) is 1. The van der Waals surface area contributed by atoms with Gasteiger partial charge in [-0.3, -0.25) is 14.5 Å². The predicted octanol–water partition coefficient (Wildman–Crippen LogP) is 2.86. The molecule has 6 rings (SSSR count). The lowest BCUT2D eigenvalue weighted by atomic mass is 9.75. The molecular formula is C22H24N2O3. The van der Waals surface area contributed by atoms with Gasteiger partial charge in [0.2, 0.25) is 0 Å². The fourth-order valence-corrected chi connectivity index (χ4v) is 5.41. The molecule has 0 saturated carbocycles. The fourth-order valence-electron chi connectivity index (χ4n) is 5.41. The number of furan rings is 1. The molecule has 0 N–H and O–H groups in total. The van der Waals surface area contributed by atoms with E-state index in [9.17, 15) is 9.59 Å². The summed E-state index contributed by atoms with van der Waals surface area (Å²) in [6, 6.07) is 12.3. The second-order valence-corrected chi connectivity index (χ2v) is 8.14. The molecule has 5 heterocycles. The maximum Gasteiger partial charge on any atom is 0.298 e. The van der Waals surface area contributed by atoms with Gasteiger partial charge in [-0.2, -0.15) is 0 Å². The van der Waals surface area contributed by atoms with E-state index in [4.69, 9.17) is 4.42 Å². The molecule has 4 aliphatic heterocycles. The van der Waals surface area contributed by atoms with Gasteiger partial charge in [-0.1, -0.05) is 29.8 Å². The van der Waals surface area contributed by atoms with Crippen molar-refractivity contribution in [1.29, 1.82) is 0 Å². The van der Waals surface area contributed by atoms with E-state index in [1.54, 1.807) is 12.1 Å².